The summed E-state index contributed by atoms with van der Waals surface area (Å²) in [6.45, 7) is 1.87. The molecular weight excluding hydrogens is 721 g/mol. The molecule has 1 aromatic heterocycles. The number of anilines is 1. The van der Waals surface area contributed by atoms with E-state index < -0.39 is 39.9 Å². The van der Waals surface area contributed by atoms with E-state index >= 15 is 0 Å². The van der Waals surface area contributed by atoms with Crippen molar-refractivity contribution in [2.75, 3.05) is 18.5 Å². The molecule has 1 saturated heterocycles. The van der Waals surface area contributed by atoms with Gasteiger partial charge in [0.2, 0.25) is 15.9 Å². The van der Waals surface area contributed by atoms with Crippen molar-refractivity contribution in [3.8, 4) is 6.07 Å². The average Bonchev–Trinajstić information content (AvgIpc) is 3.54. The first-order valence-corrected chi connectivity index (χ1v) is 19.5. The zero-order valence-electron chi connectivity index (χ0n) is 27.3. The molecule has 3 aromatic rings. The van der Waals surface area contributed by atoms with Crippen LogP contribution in [0, 0.1) is 11.3 Å². The van der Waals surface area contributed by atoms with E-state index in [0.717, 1.165) is 25.7 Å². The van der Waals surface area contributed by atoms with Crippen molar-refractivity contribution in [3.05, 3.63) is 87.7 Å². The molecule has 3 atom stereocenters. The third-order valence-electron chi connectivity index (χ3n) is 8.65. The lowest BCUT2D eigenvalue weighted by Crippen LogP contribution is -2.51. The smallest absolute Gasteiger partial charge is 0.328 e. The number of ether oxygens (including phenoxy) is 1. The maximum atomic E-state index is 14.0. The zero-order chi connectivity index (χ0) is 35.8. The first-order chi connectivity index (χ1) is 24.0. The number of amides is 2. The molecule has 2 N–H and O–H groups in total. The highest BCUT2D eigenvalue weighted by Gasteiger charge is 2.45. The Morgan fingerprint density at radius 3 is 2.42 bits per heavy atom. The average molecular weight is 759 g/mol. The molecule has 2 amide bonds. The molecule has 1 saturated carbocycles. The minimum Gasteiger partial charge on any atom is -0.464 e. The highest BCUT2D eigenvalue weighted by molar-refractivity contribution is 8.00. The van der Waals surface area contributed by atoms with E-state index in [4.69, 9.17) is 27.9 Å². The zero-order valence-corrected chi connectivity index (χ0v) is 30.5. The van der Waals surface area contributed by atoms with Gasteiger partial charge >= 0.3 is 5.97 Å². The lowest BCUT2D eigenvalue weighted by atomic mass is 10.0. The molecule has 0 bridgehead atoms. The monoisotopic (exact) mass is 757 g/mol. The first kappa shape index (κ1) is 37.6. The predicted octanol–water partition coefficient (Wildman–Crippen LogP) is 6.00. The normalized spacial score (nSPS) is 18.9. The Morgan fingerprint density at radius 1 is 1.06 bits per heavy atom. The Morgan fingerprint density at radius 2 is 1.76 bits per heavy atom. The Labute approximate surface area is 306 Å². The van der Waals surface area contributed by atoms with Gasteiger partial charge in [-0.2, -0.15) is 21.3 Å². The van der Waals surface area contributed by atoms with Crippen LogP contribution in [0.4, 0.5) is 5.69 Å². The highest BCUT2D eigenvalue weighted by Crippen LogP contribution is 2.38. The number of carbonyl (C=O) groups excluding carboxylic acids is 3. The van der Waals surface area contributed by atoms with Gasteiger partial charge in [-0.1, -0.05) is 60.7 Å². The van der Waals surface area contributed by atoms with Gasteiger partial charge in [0.05, 0.1) is 38.7 Å². The van der Waals surface area contributed by atoms with Gasteiger partial charge in [-0.3, -0.25) is 14.6 Å². The van der Waals surface area contributed by atoms with Gasteiger partial charge in [-0.25, -0.2) is 13.2 Å². The minimum absolute atomic E-state index is 0.0464. The molecule has 2 heterocycles. The van der Waals surface area contributed by atoms with E-state index in [2.05, 4.69) is 15.6 Å². The number of benzene rings is 2. The Balaban J connectivity index is 1.34. The predicted molar refractivity (Wildman–Crippen MR) is 193 cm³/mol. The van der Waals surface area contributed by atoms with Crippen molar-refractivity contribution in [1.29, 1.82) is 5.26 Å². The number of esters is 1. The van der Waals surface area contributed by atoms with Crippen LogP contribution in [0.3, 0.4) is 0 Å². The number of rotatable bonds is 12. The Kier molecular flexibility index (Phi) is 12.8. The van der Waals surface area contributed by atoms with Crippen molar-refractivity contribution in [3.63, 3.8) is 0 Å². The number of sulfonamides is 1. The number of aromatic nitrogens is 1. The number of hydrogen-bond donors (Lipinski definition) is 2. The molecule has 15 heteroatoms. The summed E-state index contributed by atoms with van der Waals surface area (Å²) in [5.41, 5.74) is 1.36. The van der Waals surface area contributed by atoms with Crippen molar-refractivity contribution >= 4 is 68.5 Å². The van der Waals surface area contributed by atoms with Crippen LogP contribution in [-0.2, 0) is 30.8 Å². The lowest BCUT2D eigenvalue weighted by molar-refractivity contribution is -0.147. The molecule has 11 nitrogen and oxygen atoms in total. The minimum atomic E-state index is -4.17. The second-order valence-electron chi connectivity index (χ2n) is 12.1. The third kappa shape index (κ3) is 9.16. The van der Waals surface area contributed by atoms with Gasteiger partial charge in [-0.15, -0.1) is 0 Å². The van der Waals surface area contributed by atoms with Crippen LogP contribution in [0.15, 0.2) is 65.8 Å². The fourth-order valence-corrected chi connectivity index (χ4v) is 10.2. The van der Waals surface area contributed by atoms with Crippen LogP contribution in [0.1, 0.15) is 66.9 Å². The molecule has 0 unspecified atom stereocenters. The van der Waals surface area contributed by atoms with Gasteiger partial charge in [0.25, 0.3) is 5.91 Å². The fourth-order valence-electron chi connectivity index (χ4n) is 6.19. The van der Waals surface area contributed by atoms with Gasteiger partial charge in [0.15, 0.2) is 0 Å². The van der Waals surface area contributed by atoms with Crippen LogP contribution in [0.2, 0.25) is 10.0 Å². The van der Waals surface area contributed by atoms with Gasteiger partial charge in [-0.05, 0) is 62.1 Å². The number of thioether (sulfide) groups is 1. The number of nitriles is 1. The summed E-state index contributed by atoms with van der Waals surface area (Å²) in [6.07, 6.45) is 8.49. The van der Waals surface area contributed by atoms with Crippen molar-refractivity contribution < 1.29 is 27.5 Å². The maximum absolute atomic E-state index is 14.0. The Bertz CT molecular complexity index is 1850. The second-order valence-corrected chi connectivity index (χ2v) is 16.4. The molecule has 2 aliphatic rings. The quantitative estimate of drug-likeness (QED) is 0.211. The standard InChI is InChI=1S/C35H37Cl2N5O6S2/c1-2-48-35(45)30(16-22-11-13-24(14-12-22)40-34(44)32-28(36)19-39-20-29(32)37)41-33(43)31-17-26(49-25-8-4-3-5-9-25)21-42(31)50(46,47)27-10-6-7-23(15-27)18-38/h6-7,10-15,19-20,25-26,30-31H,2-5,8-9,16-17,21H2,1H3,(H,40,44)(H,41,43)/t26-,30+,31+/m1/s1. The number of nitrogens with zero attached hydrogens (tertiary/aromatic N) is 3. The summed E-state index contributed by atoms with van der Waals surface area (Å²) in [5.74, 6) is -1.80. The SMILES string of the molecule is CCOC(=O)[C@H](Cc1ccc(NC(=O)c2c(Cl)cncc2Cl)cc1)NC(=O)[C@@H]1C[C@@H](SC2CCCCC2)CN1S(=O)(=O)c1cccc(C#N)c1. The van der Waals surface area contributed by atoms with Gasteiger partial charge < -0.3 is 15.4 Å². The highest BCUT2D eigenvalue weighted by atomic mass is 35.5. The molecule has 264 valence electrons. The summed E-state index contributed by atoms with van der Waals surface area (Å²) in [7, 11) is -4.17. The molecular formula is C35H37Cl2N5O6S2. The maximum Gasteiger partial charge on any atom is 0.328 e. The van der Waals surface area contributed by atoms with Crippen LogP contribution >= 0.6 is 35.0 Å². The topological polar surface area (TPSA) is 159 Å². The second kappa shape index (κ2) is 17.0. The van der Waals surface area contributed by atoms with E-state index in [9.17, 15) is 28.1 Å². The summed E-state index contributed by atoms with van der Waals surface area (Å²) < 4.78 is 34.5. The molecule has 1 aliphatic carbocycles. The number of hydrogen-bond acceptors (Lipinski definition) is 9. The van der Waals surface area contributed by atoms with E-state index in [1.165, 1.54) is 47.4 Å². The summed E-state index contributed by atoms with van der Waals surface area (Å²) >= 11 is 14.0. The van der Waals surface area contributed by atoms with Gasteiger partial charge in [0.1, 0.15) is 12.1 Å². The van der Waals surface area contributed by atoms with Crippen molar-refractivity contribution in [1.82, 2.24) is 14.6 Å². The van der Waals surface area contributed by atoms with E-state index in [-0.39, 0.29) is 57.3 Å². The molecule has 1 aliphatic heterocycles. The lowest BCUT2D eigenvalue weighted by Gasteiger charge is -2.25. The van der Waals surface area contributed by atoms with Crippen molar-refractivity contribution in [2.45, 2.75) is 79.3 Å². The van der Waals surface area contributed by atoms with Crippen LogP contribution in [0.25, 0.3) is 0 Å². The molecule has 0 spiro atoms. The third-order valence-corrected chi connectivity index (χ3v) is 12.7. The first-order valence-electron chi connectivity index (χ1n) is 16.3. The van der Waals surface area contributed by atoms with Crippen LogP contribution < -0.4 is 10.6 Å². The number of carbonyl (C=O) groups is 3. The molecule has 5 rings (SSSR count). The molecule has 2 fully saturated rings. The largest absolute Gasteiger partial charge is 0.464 e. The number of pyridine rings is 1. The number of halogens is 2. The summed E-state index contributed by atoms with van der Waals surface area (Å²) in [5, 5.41) is 15.4. The number of nitrogens with one attached hydrogen (secondary N) is 2. The molecule has 50 heavy (non-hydrogen) atoms. The van der Waals surface area contributed by atoms with E-state index in [0.29, 0.717) is 16.5 Å². The van der Waals surface area contributed by atoms with Crippen LogP contribution in [0.5, 0.6) is 0 Å². The fraction of sp³-hybridized carbons (Fsp3) is 0.400. The Hall–Kier alpha value is -3.67. The summed E-state index contributed by atoms with van der Waals surface area (Å²) in [6, 6.07) is 12.2. The summed E-state index contributed by atoms with van der Waals surface area (Å²) in [4.78, 5) is 43.7. The van der Waals surface area contributed by atoms with Crippen LogP contribution in [-0.4, -0.2) is 71.2 Å². The molecule has 2 aromatic carbocycles. The molecule has 0 radical (unpaired) electrons. The van der Waals surface area contributed by atoms with Gasteiger partial charge in [0, 0.05) is 41.5 Å². The van der Waals surface area contributed by atoms with Crippen molar-refractivity contribution in [2.24, 2.45) is 0 Å². The van der Waals surface area contributed by atoms with E-state index in [1.54, 1.807) is 43.0 Å². The van der Waals surface area contributed by atoms with E-state index in [1.807, 2.05) is 6.07 Å².